The molecule has 1 aromatic rings. The molecule has 11 heteroatoms. The average Bonchev–Trinajstić information content (AvgIpc) is 2.85. The van der Waals surface area contributed by atoms with Crippen molar-refractivity contribution in [3.8, 4) is 0 Å². The third kappa shape index (κ3) is 7.24. The summed E-state index contributed by atoms with van der Waals surface area (Å²) in [5, 5.41) is 14.7. The highest BCUT2D eigenvalue weighted by Crippen LogP contribution is 2.64. The zero-order chi connectivity index (χ0) is 26.7. The molecular formula is C25H33N2O8P. The lowest BCUT2D eigenvalue weighted by atomic mass is 9.86. The highest BCUT2D eigenvalue weighted by molar-refractivity contribution is 7.58. The Morgan fingerprint density at radius 1 is 1.14 bits per heavy atom. The largest absolute Gasteiger partial charge is 0.460 e. The average molecular weight is 521 g/mol. The number of nitro groups is 1. The van der Waals surface area contributed by atoms with Crippen LogP contribution in [-0.4, -0.2) is 43.9 Å². The molecule has 1 heterocycles. The van der Waals surface area contributed by atoms with Crippen molar-refractivity contribution in [2.24, 2.45) is 0 Å². The van der Waals surface area contributed by atoms with E-state index in [1.165, 1.54) is 30.4 Å². The Morgan fingerprint density at radius 3 is 2.39 bits per heavy atom. The van der Waals surface area contributed by atoms with Gasteiger partial charge in [0.25, 0.3) is 5.69 Å². The number of ether oxygens (including phenoxy) is 2. The zero-order valence-corrected chi connectivity index (χ0v) is 21.8. The first-order chi connectivity index (χ1) is 17.2. The van der Waals surface area contributed by atoms with Gasteiger partial charge in [0, 0.05) is 30.1 Å². The van der Waals surface area contributed by atoms with Crippen molar-refractivity contribution in [1.29, 1.82) is 0 Å². The van der Waals surface area contributed by atoms with E-state index >= 15 is 0 Å². The highest BCUT2D eigenvalue weighted by Gasteiger charge is 2.45. The molecule has 0 spiro atoms. The normalized spacial score (nSPS) is 15.9. The SMILES string of the molecule is C=CCOP(=O)(OCC=C)C1=C(C)NC(C)=C(C(=O)OCCOCCC)C1c1cccc([N+](=O)[O-])c1. The van der Waals surface area contributed by atoms with Crippen molar-refractivity contribution >= 4 is 19.3 Å². The maximum Gasteiger partial charge on any atom is 0.360 e. The quantitative estimate of drug-likeness (QED) is 0.0812. The van der Waals surface area contributed by atoms with Crippen LogP contribution in [0.4, 0.5) is 5.69 Å². The molecule has 2 rings (SSSR count). The number of carbonyl (C=O) groups excluding carboxylic acids is 1. The molecule has 10 nitrogen and oxygen atoms in total. The lowest BCUT2D eigenvalue weighted by molar-refractivity contribution is -0.384. The minimum absolute atomic E-state index is 0.00683. The number of non-ortho nitro benzene ring substituents is 1. The molecule has 0 saturated heterocycles. The summed E-state index contributed by atoms with van der Waals surface area (Å²) in [6.45, 7) is 13.1. The molecule has 1 unspecified atom stereocenters. The van der Waals surface area contributed by atoms with Crippen LogP contribution in [0.25, 0.3) is 0 Å². The first kappa shape index (κ1) is 29.2. The van der Waals surface area contributed by atoms with Crippen molar-refractivity contribution in [3.05, 3.63) is 87.5 Å². The Kier molecular flexibility index (Phi) is 11.3. The van der Waals surface area contributed by atoms with E-state index in [0.29, 0.717) is 23.6 Å². The van der Waals surface area contributed by atoms with Gasteiger partial charge in [0.15, 0.2) is 0 Å². The Bertz CT molecular complexity index is 1080. The van der Waals surface area contributed by atoms with Crippen LogP contribution in [0.1, 0.15) is 38.7 Å². The van der Waals surface area contributed by atoms with Gasteiger partial charge in [0.1, 0.15) is 6.61 Å². The summed E-state index contributed by atoms with van der Waals surface area (Å²) < 4.78 is 36.3. The van der Waals surface area contributed by atoms with Crippen molar-refractivity contribution < 1.29 is 32.8 Å². The molecule has 0 bridgehead atoms. The van der Waals surface area contributed by atoms with Gasteiger partial charge in [0.05, 0.1) is 41.5 Å². The molecule has 0 saturated carbocycles. The number of nitrogens with one attached hydrogen (secondary N) is 1. The summed E-state index contributed by atoms with van der Waals surface area (Å²) in [5.41, 5.74) is 1.19. The van der Waals surface area contributed by atoms with Crippen LogP contribution in [0.2, 0.25) is 0 Å². The number of dihydropyridines is 1. The summed E-state index contributed by atoms with van der Waals surface area (Å²) in [7, 11) is -4.05. The van der Waals surface area contributed by atoms with Gasteiger partial charge >= 0.3 is 13.6 Å². The van der Waals surface area contributed by atoms with Crippen molar-refractivity contribution in [2.75, 3.05) is 33.0 Å². The molecule has 0 radical (unpaired) electrons. The Labute approximate surface area is 211 Å². The van der Waals surface area contributed by atoms with E-state index in [2.05, 4.69) is 18.5 Å². The fourth-order valence-corrected chi connectivity index (χ4v) is 5.77. The Morgan fingerprint density at radius 2 is 1.81 bits per heavy atom. The van der Waals surface area contributed by atoms with Gasteiger partial charge in [-0.3, -0.25) is 14.7 Å². The van der Waals surface area contributed by atoms with Gasteiger partial charge in [-0.05, 0) is 25.8 Å². The third-order valence-electron chi connectivity index (χ3n) is 5.19. The maximum atomic E-state index is 14.1. The minimum atomic E-state index is -4.05. The number of nitro benzene ring substituents is 1. The van der Waals surface area contributed by atoms with Crippen LogP contribution in [0.15, 0.2) is 71.9 Å². The second-order valence-electron chi connectivity index (χ2n) is 7.87. The summed E-state index contributed by atoms with van der Waals surface area (Å²) in [4.78, 5) is 24.3. The number of carbonyl (C=O) groups is 1. The van der Waals surface area contributed by atoms with E-state index in [1.807, 2.05) is 6.92 Å². The molecule has 0 fully saturated rings. The second kappa shape index (κ2) is 13.9. The van der Waals surface area contributed by atoms with Gasteiger partial charge < -0.3 is 23.8 Å². The van der Waals surface area contributed by atoms with Crippen molar-refractivity contribution in [1.82, 2.24) is 5.32 Å². The summed E-state index contributed by atoms with van der Waals surface area (Å²) in [6.07, 6.45) is 3.67. The molecule has 0 aromatic heterocycles. The van der Waals surface area contributed by atoms with E-state index in [0.717, 1.165) is 6.42 Å². The number of benzene rings is 1. The van der Waals surface area contributed by atoms with Crippen LogP contribution >= 0.6 is 7.60 Å². The maximum absolute atomic E-state index is 14.1. The molecule has 36 heavy (non-hydrogen) atoms. The van der Waals surface area contributed by atoms with Crippen LogP contribution in [-0.2, 0) is 27.9 Å². The van der Waals surface area contributed by atoms with Gasteiger partial charge in [-0.25, -0.2) is 4.79 Å². The third-order valence-corrected chi connectivity index (χ3v) is 7.35. The predicted molar refractivity (Wildman–Crippen MR) is 136 cm³/mol. The number of allylic oxidation sites excluding steroid dienone is 3. The summed E-state index contributed by atoms with van der Waals surface area (Å²) in [6, 6.07) is 5.79. The monoisotopic (exact) mass is 520 g/mol. The lowest BCUT2D eigenvalue weighted by Gasteiger charge is -2.34. The number of nitrogens with zero attached hydrogens (tertiary/aromatic N) is 1. The number of esters is 1. The van der Waals surface area contributed by atoms with Gasteiger partial charge in [-0.1, -0.05) is 31.2 Å². The van der Waals surface area contributed by atoms with Crippen LogP contribution in [0.3, 0.4) is 0 Å². The molecule has 1 aliphatic heterocycles. The molecule has 1 aromatic carbocycles. The molecule has 1 N–H and O–H groups in total. The standard InChI is InChI=1S/C25H33N2O8P/c1-6-12-32-15-16-33-25(28)22-18(4)26-19(5)24(36(31,34-13-7-2)35-14-8-3)23(22)20-10-9-11-21(17-20)27(29)30/h7-11,17,23,26H,2-3,6,12-16H2,1,4-5H3. The number of hydrogen-bond donors (Lipinski definition) is 1. The molecule has 1 atom stereocenters. The Balaban J connectivity index is 2.64. The first-order valence-corrected chi connectivity index (χ1v) is 13.0. The van der Waals surface area contributed by atoms with E-state index in [9.17, 15) is 19.5 Å². The second-order valence-corrected chi connectivity index (χ2v) is 9.87. The van der Waals surface area contributed by atoms with E-state index in [4.69, 9.17) is 18.5 Å². The van der Waals surface area contributed by atoms with Gasteiger partial charge in [-0.15, -0.1) is 13.2 Å². The fraction of sp³-hybridized carbons (Fsp3) is 0.400. The summed E-state index contributed by atoms with van der Waals surface area (Å²) in [5.74, 6) is -1.68. The first-order valence-electron chi connectivity index (χ1n) is 11.5. The van der Waals surface area contributed by atoms with Crippen LogP contribution < -0.4 is 5.32 Å². The smallest absolute Gasteiger partial charge is 0.360 e. The molecular weight excluding hydrogens is 487 g/mol. The van der Waals surface area contributed by atoms with Crippen LogP contribution in [0, 0.1) is 10.1 Å². The number of hydrogen-bond acceptors (Lipinski definition) is 9. The van der Waals surface area contributed by atoms with Gasteiger partial charge in [0.2, 0.25) is 0 Å². The molecule has 0 aliphatic carbocycles. The van der Waals surface area contributed by atoms with E-state index in [1.54, 1.807) is 19.9 Å². The number of rotatable bonds is 15. The lowest BCUT2D eigenvalue weighted by Crippen LogP contribution is -2.30. The minimum Gasteiger partial charge on any atom is -0.460 e. The molecule has 196 valence electrons. The predicted octanol–water partition coefficient (Wildman–Crippen LogP) is 5.36. The topological polar surface area (TPSA) is 126 Å². The highest BCUT2D eigenvalue weighted by atomic mass is 31.2. The zero-order valence-electron chi connectivity index (χ0n) is 20.9. The van der Waals surface area contributed by atoms with Crippen molar-refractivity contribution in [2.45, 2.75) is 33.1 Å². The van der Waals surface area contributed by atoms with E-state index in [-0.39, 0.29) is 43.0 Å². The molecule has 1 aliphatic rings. The van der Waals surface area contributed by atoms with E-state index < -0.39 is 24.4 Å². The Hall–Kier alpha value is -3.04. The van der Waals surface area contributed by atoms with Crippen LogP contribution in [0.5, 0.6) is 0 Å². The summed E-state index contributed by atoms with van der Waals surface area (Å²) >= 11 is 0. The fourth-order valence-electron chi connectivity index (χ4n) is 3.75. The van der Waals surface area contributed by atoms with Crippen molar-refractivity contribution in [3.63, 3.8) is 0 Å². The molecule has 0 amide bonds. The van der Waals surface area contributed by atoms with Gasteiger partial charge in [-0.2, -0.15) is 0 Å².